The second-order valence-electron chi connectivity index (χ2n) is 3.85. The molecule has 0 fully saturated rings. The summed E-state index contributed by atoms with van der Waals surface area (Å²) in [7, 11) is 3.16. The normalized spacial score (nSPS) is 26.3. The van der Waals surface area contributed by atoms with Crippen molar-refractivity contribution in [3.8, 4) is 0 Å². The van der Waals surface area contributed by atoms with E-state index < -0.39 is 5.60 Å². The van der Waals surface area contributed by atoms with Crippen LogP contribution in [0.15, 0.2) is 23.2 Å². The van der Waals surface area contributed by atoms with E-state index in [1.54, 1.807) is 21.1 Å². The minimum Gasteiger partial charge on any atom is -0.501 e. The molecule has 0 bridgehead atoms. The van der Waals surface area contributed by atoms with Crippen LogP contribution in [-0.2, 0) is 9.47 Å². The minimum absolute atomic E-state index is 0.429. The molecule has 1 rings (SSSR count). The molecule has 0 aromatic carbocycles. The van der Waals surface area contributed by atoms with Gasteiger partial charge in [-0.15, -0.1) is 0 Å². The average Bonchev–Trinajstić information content (AvgIpc) is 2.20. The summed E-state index contributed by atoms with van der Waals surface area (Å²) in [6.45, 7) is 2.26. The molecule has 0 saturated heterocycles. The van der Waals surface area contributed by atoms with Crippen LogP contribution in [0.4, 0.5) is 0 Å². The summed E-state index contributed by atoms with van der Waals surface area (Å²) in [4.78, 5) is 0. The van der Waals surface area contributed by atoms with Crippen LogP contribution in [0, 0.1) is 0 Å². The lowest BCUT2D eigenvalue weighted by atomic mass is 9.89. The van der Waals surface area contributed by atoms with Crippen molar-refractivity contribution in [2.24, 2.45) is 5.73 Å². The number of hydrogen-bond acceptors (Lipinski definition) is 4. The number of rotatable bonds is 4. The summed E-state index contributed by atoms with van der Waals surface area (Å²) in [5.41, 5.74) is 5.52. The maximum absolute atomic E-state index is 10.1. The molecule has 4 heteroatoms. The summed E-state index contributed by atoms with van der Waals surface area (Å²) in [6, 6.07) is 0. The van der Waals surface area contributed by atoms with Crippen molar-refractivity contribution in [1.29, 1.82) is 0 Å². The lowest BCUT2D eigenvalue weighted by Crippen LogP contribution is -2.32. The number of aliphatic hydroxyl groups is 1. The monoisotopic (exact) mass is 213 g/mol. The third-order valence-corrected chi connectivity index (χ3v) is 2.58. The van der Waals surface area contributed by atoms with Crippen molar-refractivity contribution in [3.63, 3.8) is 0 Å². The number of allylic oxidation sites excluding steroid dienone is 1. The predicted molar refractivity (Wildman–Crippen MR) is 58.0 cm³/mol. The van der Waals surface area contributed by atoms with Gasteiger partial charge in [-0.25, -0.2) is 0 Å². The molecule has 1 unspecified atom stereocenters. The Morgan fingerprint density at radius 2 is 2.13 bits per heavy atom. The largest absolute Gasteiger partial charge is 0.501 e. The minimum atomic E-state index is -0.988. The predicted octanol–water partition coefficient (Wildman–Crippen LogP) is 0.921. The SMILES string of the molecule is COC1=CC(CCN)=C(OC)CC1(C)O. The molecule has 0 amide bonds. The van der Waals surface area contributed by atoms with Crippen LogP contribution in [0.25, 0.3) is 0 Å². The molecule has 0 spiro atoms. The molecule has 15 heavy (non-hydrogen) atoms. The zero-order valence-electron chi connectivity index (χ0n) is 9.54. The summed E-state index contributed by atoms with van der Waals surface area (Å²) < 4.78 is 10.4. The standard InChI is InChI=1S/C11H19NO3/c1-11(13)7-9(14-2)8(4-5-12)6-10(11)15-3/h6,13H,4-5,7,12H2,1-3H3. The van der Waals surface area contributed by atoms with E-state index in [1.165, 1.54) is 0 Å². The molecule has 0 aromatic rings. The molecule has 1 aliphatic rings. The van der Waals surface area contributed by atoms with Gasteiger partial charge in [0.25, 0.3) is 0 Å². The van der Waals surface area contributed by atoms with Gasteiger partial charge in [-0.2, -0.15) is 0 Å². The maximum atomic E-state index is 10.1. The Labute approximate surface area is 90.4 Å². The van der Waals surface area contributed by atoms with Crippen LogP contribution in [0.2, 0.25) is 0 Å². The van der Waals surface area contributed by atoms with Crippen molar-refractivity contribution in [2.75, 3.05) is 20.8 Å². The second kappa shape index (κ2) is 4.68. The zero-order valence-corrected chi connectivity index (χ0v) is 9.54. The van der Waals surface area contributed by atoms with Gasteiger partial charge in [-0.1, -0.05) is 0 Å². The fourth-order valence-corrected chi connectivity index (χ4v) is 1.76. The van der Waals surface area contributed by atoms with Crippen LogP contribution >= 0.6 is 0 Å². The van der Waals surface area contributed by atoms with Crippen molar-refractivity contribution < 1.29 is 14.6 Å². The van der Waals surface area contributed by atoms with Gasteiger partial charge in [0.1, 0.15) is 17.1 Å². The van der Waals surface area contributed by atoms with Crippen LogP contribution in [0.5, 0.6) is 0 Å². The smallest absolute Gasteiger partial charge is 0.128 e. The molecule has 86 valence electrons. The van der Waals surface area contributed by atoms with Crippen molar-refractivity contribution >= 4 is 0 Å². The van der Waals surface area contributed by atoms with Gasteiger partial charge in [-0.05, 0) is 31.5 Å². The fraction of sp³-hybridized carbons (Fsp3) is 0.636. The molecule has 3 N–H and O–H groups in total. The number of methoxy groups -OCH3 is 2. The molecule has 0 heterocycles. The lowest BCUT2D eigenvalue weighted by molar-refractivity contribution is 0.0236. The van der Waals surface area contributed by atoms with Crippen LogP contribution in [0.1, 0.15) is 19.8 Å². The van der Waals surface area contributed by atoms with E-state index in [4.69, 9.17) is 15.2 Å². The quantitative estimate of drug-likeness (QED) is 0.729. The first-order valence-electron chi connectivity index (χ1n) is 4.99. The van der Waals surface area contributed by atoms with E-state index in [0.29, 0.717) is 18.7 Å². The van der Waals surface area contributed by atoms with E-state index >= 15 is 0 Å². The Hall–Kier alpha value is -1.00. The number of hydrogen-bond donors (Lipinski definition) is 2. The van der Waals surface area contributed by atoms with E-state index in [0.717, 1.165) is 17.8 Å². The summed E-state index contributed by atoms with van der Waals surface area (Å²) >= 11 is 0. The molecule has 1 aliphatic carbocycles. The van der Waals surface area contributed by atoms with Gasteiger partial charge < -0.3 is 20.3 Å². The number of nitrogens with two attached hydrogens (primary N) is 1. The van der Waals surface area contributed by atoms with Gasteiger partial charge in [0.15, 0.2) is 0 Å². The average molecular weight is 213 g/mol. The zero-order chi connectivity index (χ0) is 11.5. The van der Waals surface area contributed by atoms with E-state index in [2.05, 4.69) is 0 Å². The van der Waals surface area contributed by atoms with Crippen LogP contribution in [-0.4, -0.2) is 31.5 Å². The highest BCUT2D eigenvalue weighted by atomic mass is 16.5. The first kappa shape index (κ1) is 12.1. The van der Waals surface area contributed by atoms with Gasteiger partial charge in [-0.3, -0.25) is 0 Å². The maximum Gasteiger partial charge on any atom is 0.128 e. The molecular formula is C11H19NO3. The van der Waals surface area contributed by atoms with Gasteiger partial charge >= 0.3 is 0 Å². The molecule has 0 aliphatic heterocycles. The van der Waals surface area contributed by atoms with E-state index in [1.807, 2.05) is 6.08 Å². The molecule has 1 atom stereocenters. The first-order valence-corrected chi connectivity index (χ1v) is 4.99. The highest BCUT2D eigenvalue weighted by Crippen LogP contribution is 2.34. The molecule has 0 radical (unpaired) electrons. The molecule has 0 saturated carbocycles. The van der Waals surface area contributed by atoms with Crippen molar-refractivity contribution in [1.82, 2.24) is 0 Å². The van der Waals surface area contributed by atoms with Crippen molar-refractivity contribution in [3.05, 3.63) is 23.2 Å². The molecule has 0 aromatic heterocycles. The van der Waals surface area contributed by atoms with Crippen molar-refractivity contribution in [2.45, 2.75) is 25.4 Å². The Bertz CT molecular complexity index is 292. The van der Waals surface area contributed by atoms with Gasteiger partial charge in [0, 0.05) is 6.42 Å². The summed E-state index contributed by atoms with van der Waals surface area (Å²) in [5, 5.41) is 10.1. The molecule has 4 nitrogen and oxygen atoms in total. The van der Waals surface area contributed by atoms with Gasteiger partial charge in [0.05, 0.1) is 14.2 Å². The third kappa shape index (κ3) is 2.52. The fourth-order valence-electron chi connectivity index (χ4n) is 1.76. The first-order chi connectivity index (χ1) is 7.05. The van der Waals surface area contributed by atoms with Crippen LogP contribution in [0.3, 0.4) is 0 Å². The van der Waals surface area contributed by atoms with E-state index in [9.17, 15) is 5.11 Å². The Kier molecular flexibility index (Phi) is 3.77. The summed E-state index contributed by atoms with van der Waals surface area (Å²) in [5.74, 6) is 1.35. The van der Waals surface area contributed by atoms with Crippen LogP contribution < -0.4 is 5.73 Å². The van der Waals surface area contributed by atoms with E-state index in [-0.39, 0.29) is 0 Å². The Balaban J connectivity index is 3.02. The topological polar surface area (TPSA) is 64.7 Å². The lowest BCUT2D eigenvalue weighted by Gasteiger charge is -2.31. The Morgan fingerprint density at radius 3 is 2.60 bits per heavy atom. The van der Waals surface area contributed by atoms with Gasteiger partial charge in [0.2, 0.25) is 0 Å². The summed E-state index contributed by atoms with van der Waals surface area (Å²) in [6.07, 6.45) is 2.97. The third-order valence-electron chi connectivity index (χ3n) is 2.58. The second-order valence-corrected chi connectivity index (χ2v) is 3.85. The highest BCUT2D eigenvalue weighted by Gasteiger charge is 2.33. The number of ether oxygens (including phenoxy) is 2. The Morgan fingerprint density at radius 1 is 1.47 bits per heavy atom. The molecular weight excluding hydrogens is 194 g/mol. The highest BCUT2D eigenvalue weighted by molar-refractivity contribution is 5.34.